The van der Waals surface area contributed by atoms with E-state index >= 15 is 0 Å². The van der Waals surface area contributed by atoms with Crippen LogP contribution in [0, 0.1) is 6.33 Å². The van der Waals surface area contributed by atoms with Gasteiger partial charge in [-0.05, 0) is 156 Å². The molecule has 3 aromatic heterocycles. The summed E-state index contributed by atoms with van der Waals surface area (Å²) in [5.74, 6) is 1.16. The summed E-state index contributed by atoms with van der Waals surface area (Å²) in [6.07, 6.45) is -6.40. The number of benzene rings is 7. The Morgan fingerprint density at radius 1 is 0.579 bits per heavy atom. The van der Waals surface area contributed by atoms with E-state index < -0.39 is 188 Å². The van der Waals surface area contributed by atoms with Gasteiger partial charge in [0.15, 0.2) is 0 Å². The van der Waals surface area contributed by atoms with Crippen LogP contribution in [0.25, 0.3) is 72.3 Å². The molecule has 3 heterocycles. The monoisotopic (exact) mass is 1030 g/mol. The third-order valence-corrected chi connectivity index (χ3v) is 14.3. The molecule has 5 nitrogen and oxygen atoms in total. The van der Waals surface area contributed by atoms with Gasteiger partial charge < -0.3 is 4.74 Å². The molecule has 0 unspecified atom stereocenters. The molecule has 2 aliphatic carbocycles. The highest BCUT2D eigenvalue weighted by Gasteiger charge is 2.42. The highest BCUT2D eigenvalue weighted by atomic mass is 16.5. The minimum absolute atomic E-state index is 0.0319. The van der Waals surface area contributed by atoms with Crippen LogP contribution in [0.1, 0.15) is 196 Å². The number of fused-ring (bicyclic) bond motifs is 6. The number of hydrogen-bond donors (Lipinski definition) is 0. The molecule has 0 aliphatic heterocycles. The van der Waals surface area contributed by atoms with E-state index in [2.05, 4.69) is 27.1 Å². The Morgan fingerprint density at radius 2 is 1.17 bits per heavy atom. The minimum Gasteiger partial charge on any atom is -0.458 e. The van der Waals surface area contributed by atoms with Crippen molar-refractivity contribution in [3.8, 4) is 50.9 Å². The fourth-order valence-corrected chi connectivity index (χ4v) is 10.4. The topological polar surface area (TPSA) is 35.9 Å². The molecular weight excluding hydrogens is 925 g/mol. The van der Waals surface area contributed by atoms with E-state index in [-0.39, 0.29) is 33.4 Å². The zero-order chi connectivity index (χ0) is 82.3. The first-order valence-electron chi connectivity index (χ1n) is 41.7. The first kappa shape index (κ1) is 24.4. The number of para-hydroxylation sites is 3. The van der Waals surface area contributed by atoms with E-state index in [4.69, 9.17) is 42.6 Å². The highest BCUT2D eigenvalue weighted by molar-refractivity contribution is 6.09. The summed E-state index contributed by atoms with van der Waals surface area (Å²) in [4.78, 5) is 4.79. The summed E-state index contributed by atoms with van der Waals surface area (Å²) in [7, 11) is 0. The minimum atomic E-state index is -4.79. The van der Waals surface area contributed by atoms with Crippen LogP contribution >= 0.6 is 0 Å². The summed E-state index contributed by atoms with van der Waals surface area (Å²) < 4.78 is 328. The van der Waals surface area contributed by atoms with Crippen molar-refractivity contribution in [3.63, 3.8) is 0 Å². The Hall–Kier alpha value is -7.24. The second-order valence-electron chi connectivity index (χ2n) is 22.0. The number of aromatic nitrogens is 4. The molecular formula is C71H74N4O. The Morgan fingerprint density at radius 3 is 1.86 bits per heavy atom. The van der Waals surface area contributed by atoms with Crippen LogP contribution in [0.4, 0.5) is 0 Å². The van der Waals surface area contributed by atoms with Crippen molar-refractivity contribution in [2.45, 2.75) is 148 Å². The van der Waals surface area contributed by atoms with E-state index in [1.54, 1.807) is 69.4 Å². The van der Waals surface area contributed by atoms with E-state index in [0.717, 1.165) is 31.9 Å². The van der Waals surface area contributed by atoms with Gasteiger partial charge in [0.25, 0.3) is 6.33 Å². The van der Waals surface area contributed by atoms with Crippen molar-refractivity contribution in [2.75, 3.05) is 0 Å². The molecule has 76 heavy (non-hydrogen) atoms. The predicted molar refractivity (Wildman–Crippen MR) is 317 cm³/mol. The Bertz CT molecular complexity index is 5390. The van der Waals surface area contributed by atoms with Gasteiger partial charge in [-0.1, -0.05) is 193 Å². The van der Waals surface area contributed by atoms with Crippen molar-refractivity contribution in [1.29, 1.82) is 0 Å². The van der Waals surface area contributed by atoms with Crippen molar-refractivity contribution in [1.82, 2.24) is 14.1 Å². The molecule has 384 valence electrons. The molecule has 2 aliphatic rings. The average Bonchev–Trinajstić information content (AvgIpc) is 0.856. The summed E-state index contributed by atoms with van der Waals surface area (Å²) in [6.45, 7) is -23.0. The number of rotatable bonds is 7. The molecule has 0 amide bonds. The van der Waals surface area contributed by atoms with Gasteiger partial charge in [0.1, 0.15) is 17.3 Å². The van der Waals surface area contributed by atoms with Crippen LogP contribution in [0.15, 0.2) is 158 Å². The van der Waals surface area contributed by atoms with Crippen LogP contribution in [0.3, 0.4) is 0 Å². The van der Waals surface area contributed by atoms with Gasteiger partial charge in [-0.25, -0.2) is 4.98 Å². The van der Waals surface area contributed by atoms with Crippen molar-refractivity contribution >= 4 is 32.8 Å². The first-order valence-corrected chi connectivity index (χ1v) is 24.7. The Labute approximate surface area is 499 Å². The normalized spacial score (nSPS) is 25.8. The summed E-state index contributed by atoms with van der Waals surface area (Å²) in [6, 6.07) is 23.1. The van der Waals surface area contributed by atoms with Crippen molar-refractivity contribution in [3.05, 3.63) is 197 Å². The van der Waals surface area contributed by atoms with E-state index in [1.807, 2.05) is 53.1 Å². The maximum atomic E-state index is 10.6. The van der Waals surface area contributed by atoms with Crippen molar-refractivity contribution < 1.29 is 55.9 Å². The standard InChI is InChI=1S/C71H74N4O/c1-66(2,3)47-32-35-72-64(40-47)75-60-23-16-15-22-52(60)53-29-28-51(42-63(53)75)76-50-21-19-20-49(41-50)73-44-74(62-25-18-17-24-61(62)73)65-54(45-26-30-56-58(36-45)69(9,10)34-33-68(56,7)8)38-48(67(4,5)6)39-55(65)46-27-31-57-59(37-46)71(13,14)43-70(57,11)12/h15-32,35-42H,33-34,43H2,1-14H3/i7D3,8D3,9D3,10D3,11D3,12D3,13D3,14D3,26D,27D,30D,31D,33D2,34D2,36D,37D. The third kappa shape index (κ3) is 8.28. The lowest BCUT2D eigenvalue weighted by atomic mass is 9.63. The molecule has 0 spiro atoms. The molecule has 0 atom stereocenters. The smallest absolute Gasteiger partial charge is 0.269 e. The Balaban J connectivity index is 1.26. The lowest BCUT2D eigenvalue weighted by molar-refractivity contribution is -0.571. The van der Waals surface area contributed by atoms with Crippen LogP contribution in [-0.2, 0) is 32.5 Å². The number of hydrogen-bond acceptors (Lipinski definition) is 2. The fourth-order valence-electron chi connectivity index (χ4n) is 10.4. The number of pyridine rings is 1. The van der Waals surface area contributed by atoms with Gasteiger partial charge in [-0.3, -0.25) is 13.7 Å². The maximum Gasteiger partial charge on any atom is 0.269 e. The SMILES string of the molecule is [2H]c1c([2H])c2c(c([2H])c1-c1cc(C(C)(C)C)cc(-c3c([2H])c([2H])c4c(c3[2H])C(C([2H])([2H])[2H])(C([2H])([2H])[2H])C([2H])([2H])C([2H])([2H])C4(C([2H])([2H])[2H])C([2H])([2H])[2H])c1-[n+]1[c-]n(-c3cccc(Oc4ccc5c6ccccc6n(-c6cc(C(C)(C)C)ccn6)c5c4)c3)c3ccccc31)C(C([2H])([2H])[2H])(C([2H])([2H])[2H])CC2(C([2H])([2H])[2H])C([2H])([2H])[2H]. The fraction of sp³-hybridized carbons (Fsp3) is 0.324. The van der Waals surface area contributed by atoms with Gasteiger partial charge in [0.2, 0.25) is 0 Å². The van der Waals surface area contributed by atoms with Gasteiger partial charge >= 0.3 is 0 Å². The molecule has 0 radical (unpaired) electrons. The average molecular weight is 1030 g/mol. The van der Waals surface area contributed by atoms with E-state index in [1.165, 1.54) is 28.8 Å². The number of ether oxygens (including phenoxy) is 1. The van der Waals surface area contributed by atoms with E-state index in [9.17, 15) is 13.7 Å². The summed E-state index contributed by atoms with van der Waals surface area (Å²) in [5.41, 5.74) is -25.9. The second-order valence-corrected chi connectivity index (χ2v) is 22.0. The summed E-state index contributed by atoms with van der Waals surface area (Å²) in [5, 5.41) is 1.78. The van der Waals surface area contributed by atoms with Gasteiger partial charge in [0, 0.05) is 61.4 Å². The first-order chi connectivity index (χ1) is 50.0. The predicted octanol–water partition coefficient (Wildman–Crippen LogP) is 18.2. The van der Waals surface area contributed by atoms with Gasteiger partial charge in [-0.2, -0.15) is 0 Å². The van der Waals surface area contributed by atoms with Crippen LogP contribution in [0.5, 0.6) is 11.5 Å². The third-order valence-electron chi connectivity index (χ3n) is 14.3. The highest BCUT2D eigenvalue weighted by Crippen LogP contribution is 2.52. The molecule has 10 aromatic rings. The Kier molecular flexibility index (Phi) is 5.50. The van der Waals surface area contributed by atoms with Crippen LogP contribution < -0.4 is 9.30 Å². The second kappa shape index (κ2) is 17.1. The molecule has 5 heteroatoms. The lowest BCUT2D eigenvalue weighted by Crippen LogP contribution is -2.34. The quantitative estimate of drug-likeness (QED) is 0.118. The molecule has 0 bridgehead atoms. The van der Waals surface area contributed by atoms with E-state index in [0.29, 0.717) is 11.6 Å². The van der Waals surface area contributed by atoms with Gasteiger partial charge in [-0.15, -0.1) is 0 Å². The van der Waals surface area contributed by atoms with Crippen LogP contribution in [-0.4, -0.2) is 14.1 Å². The zero-order valence-electron chi connectivity index (χ0n) is 76.5. The number of nitrogens with zero attached hydrogens (tertiary/aromatic N) is 4. The lowest BCUT2D eigenvalue weighted by Gasteiger charge is -2.42. The summed E-state index contributed by atoms with van der Waals surface area (Å²) >= 11 is 0. The van der Waals surface area contributed by atoms with Crippen molar-refractivity contribution in [2.24, 2.45) is 0 Å². The molecule has 7 aromatic carbocycles. The molecule has 0 fully saturated rings. The maximum absolute atomic E-state index is 10.6. The molecule has 0 saturated heterocycles. The zero-order valence-corrected chi connectivity index (χ0v) is 42.5. The van der Waals surface area contributed by atoms with Crippen LogP contribution in [0.2, 0.25) is 0 Å². The van der Waals surface area contributed by atoms with Gasteiger partial charge in [0.05, 0.1) is 41.7 Å². The molecule has 12 rings (SSSR count). The molecule has 0 N–H and O–H groups in total. The number of imidazole rings is 1. The largest absolute Gasteiger partial charge is 0.458 e. The molecule has 0 saturated carbocycles.